The molecule has 0 unspecified atom stereocenters. The van der Waals surface area contributed by atoms with E-state index in [1.165, 1.54) is 4.57 Å². The number of hydrogen-bond donors (Lipinski definition) is 0. The molecule has 1 saturated heterocycles. The van der Waals surface area contributed by atoms with Crippen molar-refractivity contribution < 1.29 is 14.3 Å². The van der Waals surface area contributed by atoms with Crippen LogP contribution in [0.1, 0.15) is 28.8 Å². The second-order valence-corrected chi connectivity index (χ2v) is 7.36. The van der Waals surface area contributed by atoms with Gasteiger partial charge in [0.2, 0.25) is 0 Å². The summed E-state index contributed by atoms with van der Waals surface area (Å²) in [6, 6.07) is 11.1. The molecular formula is C23H24N4O4. The van der Waals surface area contributed by atoms with Gasteiger partial charge in [0.05, 0.1) is 12.8 Å². The van der Waals surface area contributed by atoms with Crippen molar-refractivity contribution in [3.63, 3.8) is 0 Å². The summed E-state index contributed by atoms with van der Waals surface area (Å²) in [7, 11) is 1.55. The number of carbonyl (C=O) groups is 1. The zero-order chi connectivity index (χ0) is 21.8. The lowest BCUT2D eigenvalue weighted by molar-refractivity contribution is 0.0576. The average molecular weight is 420 g/mol. The van der Waals surface area contributed by atoms with Gasteiger partial charge in [0.15, 0.2) is 0 Å². The van der Waals surface area contributed by atoms with Crippen LogP contribution in [0.4, 0.5) is 0 Å². The topological polar surface area (TPSA) is 86.6 Å². The molecule has 0 saturated carbocycles. The van der Waals surface area contributed by atoms with Gasteiger partial charge in [0, 0.05) is 44.5 Å². The van der Waals surface area contributed by atoms with Crippen LogP contribution in [0.15, 0.2) is 59.8 Å². The standard InChI is InChI=1S/C23H24N4O4/c1-16-8-15-27(18-6-3-4-7-19(18)30-2)22(29)20(16)21(28)26-13-9-17(10-14-26)31-23-24-11-5-12-25-23/h3-8,11-12,15,17H,9-10,13-14H2,1-2H3. The van der Waals surface area contributed by atoms with E-state index >= 15 is 0 Å². The first-order valence-corrected chi connectivity index (χ1v) is 10.2. The summed E-state index contributed by atoms with van der Waals surface area (Å²) < 4.78 is 12.6. The molecule has 3 aromatic rings. The number of pyridine rings is 1. The maximum atomic E-state index is 13.3. The van der Waals surface area contributed by atoms with E-state index in [1.54, 1.807) is 61.8 Å². The number of carbonyl (C=O) groups excluding carboxylic acids is 1. The van der Waals surface area contributed by atoms with Crippen molar-refractivity contribution in [3.8, 4) is 17.4 Å². The van der Waals surface area contributed by atoms with Gasteiger partial charge >= 0.3 is 6.01 Å². The first-order chi connectivity index (χ1) is 15.1. The van der Waals surface area contributed by atoms with Crippen LogP contribution in [0.2, 0.25) is 0 Å². The third kappa shape index (κ3) is 4.28. The molecule has 0 bridgehead atoms. The molecule has 1 amide bonds. The Morgan fingerprint density at radius 2 is 1.77 bits per heavy atom. The maximum Gasteiger partial charge on any atom is 0.316 e. The van der Waals surface area contributed by atoms with Crippen LogP contribution in [0.5, 0.6) is 11.8 Å². The highest BCUT2D eigenvalue weighted by Gasteiger charge is 2.28. The fourth-order valence-electron chi connectivity index (χ4n) is 3.74. The lowest BCUT2D eigenvalue weighted by atomic mass is 10.0. The van der Waals surface area contributed by atoms with Crippen LogP contribution >= 0.6 is 0 Å². The number of hydrogen-bond acceptors (Lipinski definition) is 6. The predicted octanol–water partition coefficient (Wildman–Crippen LogP) is 2.63. The van der Waals surface area contributed by atoms with Gasteiger partial charge in [0.1, 0.15) is 17.4 Å². The minimum absolute atomic E-state index is 0.0615. The zero-order valence-corrected chi connectivity index (χ0v) is 17.5. The van der Waals surface area contributed by atoms with Crippen molar-refractivity contribution in [2.45, 2.75) is 25.9 Å². The van der Waals surface area contributed by atoms with Gasteiger partial charge in [-0.2, -0.15) is 0 Å². The van der Waals surface area contributed by atoms with E-state index in [4.69, 9.17) is 9.47 Å². The van der Waals surface area contributed by atoms with Crippen LogP contribution < -0.4 is 15.0 Å². The molecule has 0 aliphatic carbocycles. The number of methoxy groups -OCH3 is 1. The normalized spacial score (nSPS) is 14.3. The number of ether oxygens (including phenoxy) is 2. The maximum absolute atomic E-state index is 13.3. The number of amides is 1. The Labute approximate surface area is 180 Å². The smallest absolute Gasteiger partial charge is 0.316 e. The van der Waals surface area contributed by atoms with Crippen LogP contribution in [-0.2, 0) is 0 Å². The Morgan fingerprint density at radius 3 is 2.48 bits per heavy atom. The SMILES string of the molecule is COc1ccccc1-n1ccc(C)c(C(=O)N2CCC(Oc3ncccn3)CC2)c1=O. The Balaban J connectivity index is 1.53. The van der Waals surface area contributed by atoms with Gasteiger partial charge < -0.3 is 14.4 Å². The van der Waals surface area contributed by atoms with Crippen molar-refractivity contribution in [2.24, 2.45) is 0 Å². The lowest BCUT2D eigenvalue weighted by Gasteiger charge is -2.32. The molecule has 160 valence electrons. The van der Waals surface area contributed by atoms with E-state index in [9.17, 15) is 9.59 Å². The summed E-state index contributed by atoms with van der Waals surface area (Å²) in [5.74, 6) is 0.300. The molecule has 3 heterocycles. The quantitative estimate of drug-likeness (QED) is 0.631. The van der Waals surface area contributed by atoms with Crippen LogP contribution in [0.25, 0.3) is 5.69 Å². The molecule has 1 aromatic carbocycles. The van der Waals surface area contributed by atoms with Crippen molar-refractivity contribution in [2.75, 3.05) is 20.2 Å². The number of rotatable bonds is 5. The number of nitrogens with zero attached hydrogens (tertiary/aromatic N) is 4. The molecule has 4 rings (SSSR count). The Morgan fingerprint density at radius 1 is 1.06 bits per heavy atom. The first-order valence-electron chi connectivity index (χ1n) is 10.2. The molecule has 0 radical (unpaired) electrons. The van der Waals surface area contributed by atoms with E-state index in [1.807, 2.05) is 12.1 Å². The number of piperidine rings is 1. The number of aryl methyl sites for hydroxylation is 1. The van der Waals surface area contributed by atoms with Crippen molar-refractivity contribution in [3.05, 3.63) is 76.5 Å². The summed E-state index contributed by atoms with van der Waals surface area (Å²) in [5, 5.41) is 0. The van der Waals surface area contributed by atoms with Gasteiger partial charge in [-0.3, -0.25) is 14.2 Å². The molecule has 0 atom stereocenters. The molecule has 1 fully saturated rings. The highest BCUT2D eigenvalue weighted by molar-refractivity contribution is 5.95. The Kier molecular flexibility index (Phi) is 5.97. The molecule has 0 N–H and O–H groups in total. The van der Waals surface area contributed by atoms with Crippen LogP contribution in [-0.4, -0.2) is 51.6 Å². The van der Waals surface area contributed by atoms with Crippen molar-refractivity contribution >= 4 is 5.91 Å². The average Bonchev–Trinajstić information content (AvgIpc) is 2.80. The third-order valence-electron chi connectivity index (χ3n) is 5.40. The Hall–Kier alpha value is -3.68. The van der Waals surface area contributed by atoms with Gasteiger partial charge in [-0.05, 0) is 36.8 Å². The van der Waals surface area contributed by atoms with E-state index < -0.39 is 0 Å². The van der Waals surface area contributed by atoms with Crippen LogP contribution in [0.3, 0.4) is 0 Å². The summed E-state index contributed by atoms with van der Waals surface area (Å²) in [4.78, 5) is 36.4. The monoisotopic (exact) mass is 420 g/mol. The van der Waals surface area contributed by atoms with Gasteiger partial charge in [-0.15, -0.1) is 0 Å². The lowest BCUT2D eigenvalue weighted by Crippen LogP contribution is -2.44. The van der Waals surface area contributed by atoms with Crippen LogP contribution in [0, 0.1) is 6.92 Å². The predicted molar refractivity (Wildman–Crippen MR) is 115 cm³/mol. The zero-order valence-electron chi connectivity index (χ0n) is 17.5. The second kappa shape index (κ2) is 8.99. The molecule has 8 nitrogen and oxygen atoms in total. The molecule has 0 spiro atoms. The van der Waals surface area contributed by atoms with E-state index in [-0.39, 0.29) is 23.1 Å². The number of likely N-dealkylation sites (tertiary alicyclic amines) is 1. The van der Waals surface area contributed by atoms with Gasteiger partial charge in [-0.1, -0.05) is 12.1 Å². The summed E-state index contributed by atoms with van der Waals surface area (Å²) in [6.07, 6.45) is 6.17. The molecular weight excluding hydrogens is 396 g/mol. The molecule has 31 heavy (non-hydrogen) atoms. The van der Waals surface area contributed by atoms with Gasteiger partial charge in [-0.25, -0.2) is 9.97 Å². The largest absolute Gasteiger partial charge is 0.495 e. The third-order valence-corrected chi connectivity index (χ3v) is 5.40. The molecule has 1 aliphatic rings. The van der Waals surface area contributed by atoms with E-state index in [0.29, 0.717) is 48.9 Å². The highest BCUT2D eigenvalue weighted by Crippen LogP contribution is 2.22. The Bertz CT molecular complexity index is 1120. The van der Waals surface area contributed by atoms with Gasteiger partial charge in [0.25, 0.3) is 11.5 Å². The minimum atomic E-state index is -0.356. The highest BCUT2D eigenvalue weighted by atomic mass is 16.5. The summed E-state index contributed by atoms with van der Waals surface area (Å²) in [5.41, 5.74) is 1.07. The van der Waals surface area contributed by atoms with E-state index in [2.05, 4.69) is 9.97 Å². The summed E-state index contributed by atoms with van der Waals surface area (Å²) in [6.45, 7) is 2.78. The number of para-hydroxylation sites is 2. The molecule has 2 aromatic heterocycles. The molecule has 1 aliphatic heterocycles. The molecule has 8 heteroatoms. The summed E-state index contributed by atoms with van der Waals surface area (Å²) >= 11 is 0. The minimum Gasteiger partial charge on any atom is -0.495 e. The second-order valence-electron chi connectivity index (χ2n) is 7.36. The number of aromatic nitrogens is 3. The van der Waals surface area contributed by atoms with Crippen molar-refractivity contribution in [1.82, 2.24) is 19.4 Å². The first kappa shape index (κ1) is 20.6. The number of benzene rings is 1. The fraction of sp³-hybridized carbons (Fsp3) is 0.304. The fourth-order valence-corrected chi connectivity index (χ4v) is 3.74. The van der Waals surface area contributed by atoms with E-state index in [0.717, 1.165) is 0 Å². The van der Waals surface area contributed by atoms with Crippen molar-refractivity contribution in [1.29, 1.82) is 0 Å².